The highest BCUT2D eigenvalue weighted by Gasteiger charge is 2.56. The van der Waals surface area contributed by atoms with Gasteiger partial charge in [0.2, 0.25) is 0 Å². The Hall–Kier alpha value is -1.22. The molecule has 0 saturated heterocycles. The molecule has 1 fully saturated rings. The van der Waals surface area contributed by atoms with E-state index in [1.807, 2.05) is 0 Å². The van der Waals surface area contributed by atoms with Crippen LogP contribution in [0.15, 0.2) is 24.3 Å². The predicted molar refractivity (Wildman–Crippen MR) is 169 cm³/mol. The monoisotopic (exact) mass is 665 g/mol. The van der Waals surface area contributed by atoms with Gasteiger partial charge >= 0.3 is 6.18 Å². The summed E-state index contributed by atoms with van der Waals surface area (Å²) in [5.41, 5.74) is 5.10. The van der Waals surface area contributed by atoms with Crippen molar-refractivity contribution >= 4 is 24.2 Å². The van der Waals surface area contributed by atoms with Crippen molar-refractivity contribution in [1.29, 1.82) is 0 Å². The lowest BCUT2D eigenvalue weighted by Crippen LogP contribution is -2.45. The van der Waals surface area contributed by atoms with Crippen LogP contribution in [-0.4, -0.2) is 18.1 Å². The predicted octanol–water partition coefficient (Wildman–Crippen LogP) is 10.9. The normalized spacial score (nSPS) is 27.8. The number of ether oxygens (including phenoxy) is 1. The Labute approximate surface area is 259 Å². The molecule has 1 aromatic carbocycles. The number of hydrogen-bond acceptors (Lipinski definition) is 3. The summed E-state index contributed by atoms with van der Waals surface area (Å²) in [5, 5.41) is 0.0446. The summed E-state index contributed by atoms with van der Waals surface area (Å²) in [5.74, 6) is 0.127. The van der Waals surface area contributed by atoms with Crippen molar-refractivity contribution in [1.82, 2.24) is 4.98 Å². The minimum Gasteiger partial charge on any atom is -0.410 e. The van der Waals surface area contributed by atoms with Crippen LogP contribution in [0.5, 0.6) is 0 Å². The van der Waals surface area contributed by atoms with Gasteiger partial charge in [0.25, 0.3) is 0 Å². The first-order chi connectivity index (χ1) is 19.3. The van der Waals surface area contributed by atoms with Crippen LogP contribution in [0.2, 0.25) is 18.1 Å². The molecule has 0 radical (unpaired) electrons. The first-order valence-electron chi connectivity index (χ1n) is 15.5. The van der Waals surface area contributed by atoms with E-state index in [2.05, 4.69) is 77.5 Å². The number of halogens is 4. The molecule has 0 bridgehead atoms. The molecule has 0 N–H and O–H groups in total. The second-order valence-electron chi connectivity index (χ2n) is 15.4. The smallest absolute Gasteiger partial charge is 0.410 e. The van der Waals surface area contributed by atoms with Crippen molar-refractivity contribution in [3.63, 3.8) is 0 Å². The van der Waals surface area contributed by atoms with Gasteiger partial charge in [-0.3, -0.25) is 4.98 Å². The average Bonchev–Trinajstić information content (AvgIpc) is 3.18. The number of hydrogen-bond donors (Lipinski definition) is 0. The number of fused-ring (bicyclic) bond motifs is 4. The Kier molecular flexibility index (Phi) is 8.20. The van der Waals surface area contributed by atoms with Gasteiger partial charge in [0.05, 0.1) is 11.7 Å². The molecular formula is C34H47BrF3NO2Si. The molecular weight excluding hydrogens is 619 g/mol. The Morgan fingerprint density at radius 2 is 1.69 bits per heavy atom. The fourth-order valence-electron chi connectivity index (χ4n) is 7.01. The molecule has 8 heteroatoms. The Bertz CT molecular complexity index is 1330. The van der Waals surface area contributed by atoms with Crippen LogP contribution in [-0.2, 0) is 27.4 Å². The van der Waals surface area contributed by atoms with Gasteiger partial charge in [-0.25, -0.2) is 0 Å². The summed E-state index contributed by atoms with van der Waals surface area (Å²) >= 11 is 4.08. The van der Waals surface area contributed by atoms with Gasteiger partial charge in [-0.15, -0.1) is 0 Å². The van der Waals surface area contributed by atoms with E-state index < -0.39 is 31.8 Å². The van der Waals surface area contributed by atoms with E-state index >= 15 is 0 Å². The number of rotatable bonds is 4. The van der Waals surface area contributed by atoms with Gasteiger partial charge in [0.1, 0.15) is 11.7 Å². The molecule has 1 saturated carbocycles. The number of benzene rings is 1. The second kappa shape index (κ2) is 10.7. The topological polar surface area (TPSA) is 31.4 Å². The second-order valence-corrected chi connectivity index (χ2v) is 21.3. The average molecular weight is 667 g/mol. The minimum absolute atomic E-state index is 0.0232. The quantitative estimate of drug-likeness (QED) is 0.240. The molecule has 1 aromatic heterocycles. The maximum atomic E-state index is 13.5. The van der Waals surface area contributed by atoms with Crippen LogP contribution in [0.4, 0.5) is 13.2 Å². The largest absolute Gasteiger partial charge is 0.416 e. The molecule has 1 spiro atoms. The van der Waals surface area contributed by atoms with E-state index in [-0.39, 0.29) is 27.3 Å². The minimum atomic E-state index is -4.39. The standard InChI is InChI=1S/C34H47BrF3NO2Si/c1-20(2)29-27-28(26-23(39-29)18-32(6,7)19-24(26)41-42(8,9)31(3,4)5)33(17-11-10-12-25(33)35)40-30(27)21-13-15-22(16-14-21)34(36,37)38/h13-16,20,24-25,30H,10-12,17-19H2,1-9H3. The Morgan fingerprint density at radius 1 is 1.05 bits per heavy atom. The van der Waals surface area contributed by atoms with Gasteiger partial charge in [-0.1, -0.05) is 89.4 Å². The number of pyridine rings is 1. The van der Waals surface area contributed by atoms with Gasteiger partial charge in [-0.05, 0) is 72.8 Å². The zero-order valence-corrected chi connectivity index (χ0v) is 29.2. The van der Waals surface area contributed by atoms with Gasteiger partial charge in [0.15, 0.2) is 8.32 Å². The van der Waals surface area contributed by atoms with Crippen LogP contribution >= 0.6 is 15.9 Å². The summed E-state index contributed by atoms with van der Waals surface area (Å²) in [7, 11) is -2.16. The molecule has 2 aromatic rings. The Morgan fingerprint density at radius 3 is 2.24 bits per heavy atom. The van der Waals surface area contributed by atoms with Gasteiger partial charge in [-0.2, -0.15) is 13.2 Å². The van der Waals surface area contributed by atoms with Crippen LogP contribution in [0.3, 0.4) is 0 Å². The first-order valence-corrected chi connectivity index (χ1v) is 19.3. The maximum absolute atomic E-state index is 13.5. The molecule has 5 rings (SSSR count). The highest BCUT2D eigenvalue weighted by atomic mass is 79.9. The molecule has 42 heavy (non-hydrogen) atoms. The van der Waals surface area contributed by atoms with Crippen molar-refractivity contribution < 1.29 is 22.3 Å². The lowest BCUT2D eigenvalue weighted by molar-refractivity contribution is -0.137. The van der Waals surface area contributed by atoms with Crippen molar-refractivity contribution in [3.05, 3.63) is 63.5 Å². The van der Waals surface area contributed by atoms with E-state index in [0.717, 1.165) is 61.0 Å². The van der Waals surface area contributed by atoms with Crippen molar-refractivity contribution in [2.24, 2.45) is 5.41 Å². The molecule has 2 aliphatic carbocycles. The van der Waals surface area contributed by atoms with E-state index in [1.54, 1.807) is 12.1 Å². The Balaban J connectivity index is 1.79. The van der Waals surface area contributed by atoms with E-state index in [4.69, 9.17) is 14.1 Å². The van der Waals surface area contributed by atoms with E-state index in [1.165, 1.54) is 23.3 Å². The van der Waals surface area contributed by atoms with Crippen molar-refractivity contribution in [2.75, 3.05) is 0 Å². The van der Waals surface area contributed by atoms with E-state index in [9.17, 15) is 13.2 Å². The molecule has 4 unspecified atom stereocenters. The zero-order chi connectivity index (χ0) is 31.0. The maximum Gasteiger partial charge on any atom is 0.416 e. The molecule has 4 atom stereocenters. The SMILES string of the molecule is CC(C)c1nc2c(c3c1C(c1ccc(C(F)(F)F)cc1)OC31CCCCC1Br)C(O[Si](C)(C)C(C)(C)C)CC(C)(C)C2. The fraction of sp³-hybridized carbons (Fsp3) is 0.676. The molecule has 2 heterocycles. The summed E-state index contributed by atoms with van der Waals surface area (Å²) in [6.07, 6.45) is 0.764. The van der Waals surface area contributed by atoms with Gasteiger partial charge < -0.3 is 9.16 Å². The van der Waals surface area contributed by atoms with Crippen LogP contribution in [0, 0.1) is 5.41 Å². The van der Waals surface area contributed by atoms with Crippen LogP contribution < -0.4 is 0 Å². The lowest BCUT2D eigenvalue weighted by Gasteiger charge is -2.47. The third-order valence-corrected chi connectivity index (χ3v) is 15.9. The molecule has 0 amide bonds. The van der Waals surface area contributed by atoms with Crippen molar-refractivity contribution in [2.45, 2.75) is 140 Å². The molecule has 1 aliphatic heterocycles. The lowest BCUT2D eigenvalue weighted by atomic mass is 9.68. The third kappa shape index (κ3) is 5.56. The number of aromatic nitrogens is 1. The highest BCUT2D eigenvalue weighted by Crippen LogP contribution is 2.61. The fourth-order valence-corrected chi connectivity index (χ4v) is 9.17. The third-order valence-electron chi connectivity index (χ3n) is 10.2. The molecule has 232 valence electrons. The van der Waals surface area contributed by atoms with Crippen molar-refractivity contribution in [3.8, 4) is 0 Å². The highest BCUT2D eigenvalue weighted by molar-refractivity contribution is 9.09. The van der Waals surface area contributed by atoms with Gasteiger partial charge in [0, 0.05) is 32.9 Å². The molecule has 3 aliphatic rings. The summed E-state index contributed by atoms with van der Waals surface area (Å²) in [6, 6.07) is 5.56. The summed E-state index contributed by atoms with van der Waals surface area (Å²) in [4.78, 5) is 5.51. The number of nitrogens with zero attached hydrogens (tertiary/aromatic N) is 1. The first kappa shape index (κ1) is 32.2. The van der Waals surface area contributed by atoms with E-state index in [0.29, 0.717) is 0 Å². The van der Waals surface area contributed by atoms with Crippen LogP contribution in [0.1, 0.15) is 138 Å². The van der Waals surface area contributed by atoms with Crippen LogP contribution in [0.25, 0.3) is 0 Å². The number of alkyl halides is 4. The summed E-state index contributed by atoms with van der Waals surface area (Å²) < 4.78 is 55.0. The zero-order valence-electron chi connectivity index (χ0n) is 26.6. The molecule has 3 nitrogen and oxygen atoms in total. The summed E-state index contributed by atoms with van der Waals surface area (Å²) in [6.45, 7) is 20.4.